The Morgan fingerprint density at radius 1 is 1.29 bits per heavy atom. The largest absolute Gasteiger partial charge is 0.379 e. The maximum atomic E-state index is 14.2. The number of fused-ring (bicyclic) bond motifs is 1. The van der Waals surface area contributed by atoms with Gasteiger partial charge in [-0.05, 0) is 30.7 Å². The fraction of sp³-hybridized carbons (Fsp3) is 0.227. The third-order valence-electron chi connectivity index (χ3n) is 5.50. The van der Waals surface area contributed by atoms with Crippen LogP contribution < -0.4 is 21.5 Å². The number of carbonyl (C=O) groups excluding carboxylic acids is 1. The number of methoxy groups -OCH3 is 1. The Hall–Kier alpha value is -4.32. The van der Waals surface area contributed by atoms with Gasteiger partial charge in [0.25, 0.3) is 11.5 Å². The van der Waals surface area contributed by atoms with Gasteiger partial charge in [0, 0.05) is 32.6 Å². The van der Waals surface area contributed by atoms with E-state index in [1.54, 1.807) is 32.4 Å². The Morgan fingerprint density at radius 3 is 2.88 bits per heavy atom. The number of pyridine rings is 2. The van der Waals surface area contributed by atoms with E-state index in [-0.39, 0.29) is 35.1 Å². The first-order chi connectivity index (χ1) is 16.5. The van der Waals surface area contributed by atoms with Gasteiger partial charge in [-0.15, -0.1) is 0 Å². The smallest absolute Gasteiger partial charge is 0.280 e. The Kier molecular flexibility index (Phi) is 5.42. The molecule has 34 heavy (non-hydrogen) atoms. The molecule has 11 nitrogen and oxygen atoms in total. The highest BCUT2D eigenvalue weighted by Gasteiger charge is 2.39. The first-order valence-corrected chi connectivity index (χ1v) is 10.5. The van der Waals surface area contributed by atoms with Crippen LogP contribution in [0.25, 0.3) is 11.5 Å². The quantitative estimate of drug-likeness (QED) is 0.377. The second-order valence-electron chi connectivity index (χ2n) is 7.69. The van der Waals surface area contributed by atoms with Crippen molar-refractivity contribution in [2.24, 2.45) is 0 Å². The number of halogens is 1. The van der Waals surface area contributed by atoms with Crippen molar-refractivity contribution < 1.29 is 13.9 Å². The minimum atomic E-state index is -0.625. The molecule has 3 N–H and O–H groups in total. The molecular formula is C22H21FN8O3. The molecule has 0 bridgehead atoms. The lowest BCUT2D eigenvalue weighted by atomic mass is 10.3. The van der Waals surface area contributed by atoms with Gasteiger partial charge >= 0.3 is 0 Å². The highest BCUT2D eigenvalue weighted by atomic mass is 19.1. The van der Waals surface area contributed by atoms with Crippen LogP contribution in [0.1, 0.15) is 16.8 Å². The van der Waals surface area contributed by atoms with Crippen molar-refractivity contribution in [3.8, 4) is 5.82 Å². The van der Waals surface area contributed by atoms with Crippen LogP contribution in [0.5, 0.6) is 0 Å². The molecule has 0 radical (unpaired) electrons. The maximum Gasteiger partial charge on any atom is 0.280 e. The Bertz CT molecular complexity index is 1450. The van der Waals surface area contributed by atoms with Gasteiger partial charge in [-0.2, -0.15) is 9.61 Å². The van der Waals surface area contributed by atoms with Crippen LogP contribution in [0.4, 0.5) is 21.7 Å². The van der Waals surface area contributed by atoms with E-state index < -0.39 is 11.4 Å². The average Bonchev–Trinajstić information content (AvgIpc) is 3.45. The number of ether oxygens (including phenoxy) is 1. The predicted molar refractivity (Wildman–Crippen MR) is 122 cm³/mol. The number of anilines is 3. The van der Waals surface area contributed by atoms with E-state index in [4.69, 9.17) is 4.74 Å². The molecule has 1 amide bonds. The van der Waals surface area contributed by atoms with Crippen molar-refractivity contribution in [1.29, 1.82) is 0 Å². The minimum Gasteiger partial charge on any atom is -0.379 e. The lowest BCUT2D eigenvalue weighted by Crippen LogP contribution is -2.28. The van der Waals surface area contributed by atoms with Crippen molar-refractivity contribution in [3.05, 3.63) is 70.7 Å². The summed E-state index contributed by atoms with van der Waals surface area (Å²) in [5.74, 6) is -0.220. The molecule has 0 saturated heterocycles. The highest BCUT2D eigenvalue weighted by Crippen LogP contribution is 2.26. The third kappa shape index (κ3) is 3.83. The molecule has 2 atom stereocenters. The summed E-state index contributed by atoms with van der Waals surface area (Å²) in [6, 6.07) is 7.41. The predicted octanol–water partition coefficient (Wildman–Crippen LogP) is 1.72. The van der Waals surface area contributed by atoms with E-state index in [1.807, 2.05) is 0 Å². The number of nitrogens with zero attached hydrogens (tertiary/aromatic N) is 5. The van der Waals surface area contributed by atoms with Crippen LogP contribution in [0.3, 0.4) is 0 Å². The van der Waals surface area contributed by atoms with E-state index in [1.165, 1.54) is 35.2 Å². The summed E-state index contributed by atoms with van der Waals surface area (Å²) in [7, 11) is 3.30. The van der Waals surface area contributed by atoms with Gasteiger partial charge in [-0.1, -0.05) is 0 Å². The van der Waals surface area contributed by atoms with E-state index in [0.717, 1.165) is 11.0 Å². The zero-order valence-corrected chi connectivity index (χ0v) is 18.3. The summed E-state index contributed by atoms with van der Waals surface area (Å²) in [5.41, 5.74) is 0.216. The second-order valence-corrected chi connectivity index (χ2v) is 7.69. The lowest BCUT2D eigenvalue weighted by molar-refractivity contribution is 0.0936. The number of carbonyl (C=O) groups is 1. The monoisotopic (exact) mass is 464 g/mol. The van der Waals surface area contributed by atoms with Crippen molar-refractivity contribution >= 4 is 28.9 Å². The Labute approximate surface area is 192 Å². The first-order valence-electron chi connectivity index (χ1n) is 10.5. The fourth-order valence-corrected chi connectivity index (χ4v) is 3.64. The molecule has 0 aliphatic heterocycles. The summed E-state index contributed by atoms with van der Waals surface area (Å²) in [5, 5.41) is 13.1. The van der Waals surface area contributed by atoms with Gasteiger partial charge in [0.05, 0.1) is 18.3 Å². The van der Waals surface area contributed by atoms with Crippen molar-refractivity contribution in [2.75, 3.05) is 24.8 Å². The van der Waals surface area contributed by atoms with Gasteiger partial charge in [-0.3, -0.25) is 14.2 Å². The van der Waals surface area contributed by atoms with Crippen molar-refractivity contribution in [2.45, 2.75) is 18.6 Å². The minimum absolute atomic E-state index is 0.00744. The second kappa shape index (κ2) is 8.56. The molecule has 1 unspecified atom stereocenters. The van der Waals surface area contributed by atoms with Gasteiger partial charge in [0.1, 0.15) is 22.9 Å². The number of hydrogen-bond donors (Lipinski definition) is 3. The van der Waals surface area contributed by atoms with Gasteiger partial charge in [0.15, 0.2) is 17.3 Å². The SMILES string of the molecule is CNc1cc(Nc2cccn(-c3ncccc3F)c2=O)nc2c(C(=O)NC3C[C@@H]3OC)cnn12. The molecule has 4 heterocycles. The fourth-order valence-electron chi connectivity index (χ4n) is 3.64. The molecule has 1 fully saturated rings. The van der Waals surface area contributed by atoms with Gasteiger partial charge in [-0.25, -0.2) is 14.4 Å². The van der Waals surface area contributed by atoms with E-state index in [9.17, 15) is 14.0 Å². The van der Waals surface area contributed by atoms with Crippen LogP contribution >= 0.6 is 0 Å². The maximum absolute atomic E-state index is 14.2. The number of amides is 1. The standard InChI is InChI=1S/C22H21FN8O3/c1-24-18-10-17(27-14-6-4-8-30(22(14)33)20-13(23)5-3-7-25-20)29-19-12(11-26-31(18)19)21(32)28-15-9-16(15)34-2/h3-8,10-11,15-16,24H,9H2,1-2H3,(H,27,29)(H,28,32)/t15?,16-/m0/s1. The number of hydrogen-bond acceptors (Lipinski definition) is 8. The third-order valence-corrected chi connectivity index (χ3v) is 5.50. The number of nitrogens with one attached hydrogen (secondary N) is 3. The molecule has 1 saturated carbocycles. The molecule has 12 heteroatoms. The van der Waals surface area contributed by atoms with Crippen LogP contribution in [0.15, 0.2) is 53.7 Å². The highest BCUT2D eigenvalue weighted by molar-refractivity contribution is 6.00. The normalized spacial score (nSPS) is 16.9. The van der Waals surface area contributed by atoms with E-state index >= 15 is 0 Å². The molecule has 174 valence electrons. The number of rotatable bonds is 7. The van der Waals surface area contributed by atoms with E-state index in [0.29, 0.717) is 17.3 Å². The van der Waals surface area contributed by atoms with Crippen LogP contribution in [0, 0.1) is 5.82 Å². The molecule has 0 aromatic carbocycles. The Morgan fingerprint density at radius 2 is 2.15 bits per heavy atom. The van der Waals surface area contributed by atoms with Gasteiger partial charge in [0.2, 0.25) is 0 Å². The molecule has 4 aromatic rings. The summed E-state index contributed by atoms with van der Waals surface area (Å²) in [6.07, 6.45) is 5.03. The number of aromatic nitrogens is 5. The summed E-state index contributed by atoms with van der Waals surface area (Å²) < 4.78 is 22.0. The van der Waals surface area contributed by atoms with Crippen LogP contribution in [-0.2, 0) is 4.74 Å². The molecule has 1 aliphatic carbocycles. The van der Waals surface area contributed by atoms with Crippen molar-refractivity contribution in [3.63, 3.8) is 0 Å². The Balaban J connectivity index is 1.50. The zero-order chi connectivity index (χ0) is 23.8. The van der Waals surface area contributed by atoms with Gasteiger partial charge < -0.3 is 20.7 Å². The molecule has 1 aliphatic rings. The molecule has 5 rings (SSSR count). The van der Waals surface area contributed by atoms with Crippen molar-refractivity contribution in [1.82, 2.24) is 29.5 Å². The van der Waals surface area contributed by atoms with E-state index in [2.05, 4.69) is 31.0 Å². The topological polar surface area (TPSA) is 127 Å². The summed E-state index contributed by atoms with van der Waals surface area (Å²) in [6.45, 7) is 0. The average molecular weight is 464 g/mol. The zero-order valence-electron chi connectivity index (χ0n) is 18.3. The molecular weight excluding hydrogens is 443 g/mol. The molecule has 0 spiro atoms. The lowest BCUT2D eigenvalue weighted by Gasteiger charge is -2.12. The first kappa shape index (κ1) is 21.5. The summed E-state index contributed by atoms with van der Waals surface area (Å²) in [4.78, 5) is 34.3. The van der Waals surface area contributed by atoms with Crippen LogP contribution in [0.2, 0.25) is 0 Å². The summed E-state index contributed by atoms with van der Waals surface area (Å²) >= 11 is 0. The van der Waals surface area contributed by atoms with Crippen LogP contribution in [-0.4, -0.2) is 56.4 Å². The molecule has 4 aromatic heterocycles.